The smallest absolute Gasteiger partial charge is 0.326 e. The van der Waals surface area contributed by atoms with Crippen LogP contribution in [0.4, 0.5) is 5.69 Å². The predicted molar refractivity (Wildman–Crippen MR) is 74.6 cm³/mol. The molecule has 8 nitrogen and oxygen atoms in total. The molecular weight excluding hydrogens is 280 g/mol. The Bertz CT molecular complexity index is 505. The second-order valence-electron chi connectivity index (χ2n) is 4.00. The number of nitrogens with zero attached hydrogens (tertiary/aromatic N) is 1. The van der Waals surface area contributed by atoms with E-state index in [1.807, 2.05) is 0 Å². The number of likely N-dealkylation sites (N-methyl/N-ethyl adjacent to an activating group) is 1. The highest BCUT2D eigenvalue weighted by molar-refractivity contribution is 5.76. The van der Waals surface area contributed by atoms with Gasteiger partial charge in [0.1, 0.15) is 18.4 Å². The van der Waals surface area contributed by atoms with Gasteiger partial charge in [-0.3, -0.25) is 14.9 Å². The molecule has 0 amide bonds. The molecule has 1 aromatic carbocycles. The van der Waals surface area contributed by atoms with Gasteiger partial charge in [0, 0.05) is 0 Å². The molecule has 1 N–H and O–H groups in total. The van der Waals surface area contributed by atoms with Gasteiger partial charge in [-0.1, -0.05) is 0 Å². The lowest BCUT2D eigenvalue weighted by Gasteiger charge is -2.15. The van der Waals surface area contributed by atoms with E-state index in [9.17, 15) is 14.9 Å². The highest BCUT2D eigenvalue weighted by Crippen LogP contribution is 2.31. The van der Waals surface area contributed by atoms with Gasteiger partial charge in [-0.2, -0.15) is 0 Å². The lowest BCUT2D eigenvalue weighted by Crippen LogP contribution is -2.40. The lowest BCUT2D eigenvalue weighted by molar-refractivity contribution is -0.386. The number of ether oxygens (including phenoxy) is 3. The van der Waals surface area contributed by atoms with Gasteiger partial charge in [0.25, 0.3) is 0 Å². The fourth-order valence-corrected chi connectivity index (χ4v) is 1.57. The summed E-state index contributed by atoms with van der Waals surface area (Å²) in [5.74, 6) is -0.0638. The molecule has 1 atom stereocenters. The number of nitro groups is 1. The van der Waals surface area contributed by atoms with Crippen molar-refractivity contribution in [1.82, 2.24) is 5.32 Å². The number of nitrogens with one attached hydrogen (secondary N) is 1. The monoisotopic (exact) mass is 298 g/mol. The largest absolute Gasteiger partial charge is 0.496 e. The third kappa shape index (κ3) is 4.60. The summed E-state index contributed by atoms with van der Waals surface area (Å²) in [5, 5.41) is 13.7. The molecule has 0 radical (unpaired) electrons. The van der Waals surface area contributed by atoms with Crippen LogP contribution in [-0.2, 0) is 9.53 Å². The molecule has 1 aromatic rings. The van der Waals surface area contributed by atoms with Crippen LogP contribution in [-0.4, -0.2) is 44.3 Å². The fourth-order valence-electron chi connectivity index (χ4n) is 1.57. The van der Waals surface area contributed by atoms with Crippen LogP contribution in [0.3, 0.4) is 0 Å². The molecule has 116 valence electrons. The predicted octanol–water partition coefficient (Wildman–Crippen LogP) is 1.13. The first-order valence-electron chi connectivity index (χ1n) is 6.32. The molecule has 21 heavy (non-hydrogen) atoms. The van der Waals surface area contributed by atoms with E-state index >= 15 is 0 Å². The highest BCUT2D eigenvalue weighted by Gasteiger charge is 2.22. The Kier molecular flexibility index (Phi) is 6.41. The van der Waals surface area contributed by atoms with E-state index in [-0.39, 0.29) is 24.7 Å². The van der Waals surface area contributed by atoms with E-state index in [0.29, 0.717) is 5.75 Å². The highest BCUT2D eigenvalue weighted by atomic mass is 16.6. The minimum atomic E-state index is -0.702. The molecule has 0 aliphatic heterocycles. The van der Waals surface area contributed by atoms with Crippen LogP contribution in [0.1, 0.15) is 6.92 Å². The topological polar surface area (TPSA) is 99.9 Å². The third-order valence-corrected chi connectivity index (χ3v) is 2.69. The number of carbonyl (C=O) groups excluding carboxylic acids is 1. The molecule has 0 spiro atoms. The van der Waals surface area contributed by atoms with Gasteiger partial charge in [-0.05, 0) is 26.1 Å². The van der Waals surface area contributed by atoms with Gasteiger partial charge in [0.15, 0.2) is 5.75 Å². The van der Waals surface area contributed by atoms with Crippen molar-refractivity contribution in [2.75, 3.05) is 27.4 Å². The number of benzene rings is 1. The van der Waals surface area contributed by atoms with Crippen molar-refractivity contribution in [2.24, 2.45) is 0 Å². The minimum absolute atomic E-state index is 0.0605. The van der Waals surface area contributed by atoms with Gasteiger partial charge < -0.3 is 19.5 Å². The molecule has 0 heterocycles. The molecule has 0 aliphatic rings. The van der Waals surface area contributed by atoms with Crippen molar-refractivity contribution < 1.29 is 23.9 Å². The van der Waals surface area contributed by atoms with Crippen molar-refractivity contribution >= 4 is 11.7 Å². The first-order chi connectivity index (χ1) is 10.0. The Morgan fingerprint density at radius 2 is 2.19 bits per heavy atom. The number of methoxy groups -OCH3 is 1. The summed E-state index contributed by atoms with van der Waals surface area (Å²) in [4.78, 5) is 22.0. The zero-order valence-electron chi connectivity index (χ0n) is 12.1. The zero-order valence-corrected chi connectivity index (χ0v) is 12.1. The van der Waals surface area contributed by atoms with E-state index in [0.717, 1.165) is 0 Å². The Morgan fingerprint density at radius 3 is 2.71 bits per heavy atom. The molecule has 0 aromatic heterocycles. The molecule has 0 aliphatic carbocycles. The Morgan fingerprint density at radius 1 is 1.48 bits per heavy atom. The number of hydrogen-bond donors (Lipinski definition) is 1. The van der Waals surface area contributed by atoms with Gasteiger partial charge in [-0.15, -0.1) is 0 Å². The van der Waals surface area contributed by atoms with Crippen molar-refractivity contribution in [3.8, 4) is 11.5 Å². The molecule has 8 heteroatoms. The van der Waals surface area contributed by atoms with Gasteiger partial charge in [0.2, 0.25) is 0 Å². The number of rotatable bonds is 8. The van der Waals surface area contributed by atoms with Crippen LogP contribution in [0.25, 0.3) is 0 Å². The fraction of sp³-hybridized carbons (Fsp3) is 0.462. The lowest BCUT2D eigenvalue weighted by atomic mass is 10.2. The quantitative estimate of drug-likeness (QED) is 0.436. The van der Waals surface area contributed by atoms with Gasteiger partial charge in [-0.25, -0.2) is 0 Å². The van der Waals surface area contributed by atoms with Gasteiger partial charge in [0.05, 0.1) is 24.7 Å². The molecule has 1 rings (SSSR count). The SMILES string of the molecule is CCOC(=O)C(COc1ccc(OC)cc1[N+](=O)[O-])NC. The third-order valence-electron chi connectivity index (χ3n) is 2.69. The summed E-state index contributed by atoms with van der Waals surface area (Å²) in [6.07, 6.45) is 0. The first kappa shape index (κ1) is 16.7. The van der Waals surface area contributed by atoms with Crippen LogP contribution in [0, 0.1) is 10.1 Å². The average molecular weight is 298 g/mol. The average Bonchev–Trinajstić information content (AvgIpc) is 2.48. The summed E-state index contributed by atoms with van der Waals surface area (Å²) in [6, 6.07) is 3.52. The Hall–Kier alpha value is -2.35. The summed E-state index contributed by atoms with van der Waals surface area (Å²) >= 11 is 0. The number of carbonyl (C=O) groups is 1. The number of nitro benzene ring substituents is 1. The Balaban J connectivity index is 2.82. The second-order valence-corrected chi connectivity index (χ2v) is 4.00. The van der Waals surface area contributed by atoms with Crippen LogP contribution in [0.5, 0.6) is 11.5 Å². The van der Waals surface area contributed by atoms with E-state index in [4.69, 9.17) is 14.2 Å². The maximum atomic E-state index is 11.6. The first-order valence-corrected chi connectivity index (χ1v) is 6.32. The Labute approximate surface area is 122 Å². The van der Waals surface area contributed by atoms with Crippen LogP contribution < -0.4 is 14.8 Å². The van der Waals surface area contributed by atoms with E-state index in [1.165, 1.54) is 19.2 Å². The van der Waals surface area contributed by atoms with Crippen molar-refractivity contribution in [3.63, 3.8) is 0 Å². The molecule has 0 fully saturated rings. The summed E-state index contributed by atoms with van der Waals surface area (Å²) in [5.41, 5.74) is -0.229. The zero-order chi connectivity index (χ0) is 15.8. The van der Waals surface area contributed by atoms with Crippen molar-refractivity contribution in [1.29, 1.82) is 0 Å². The second kappa shape index (κ2) is 8.05. The normalized spacial score (nSPS) is 11.6. The standard InChI is InChI=1S/C13H18N2O6/c1-4-20-13(16)10(14-2)8-21-12-6-5-9(19-3)7-11(12)15(17)18/h5-7,10,14H,4,8H2,1-3H3. The maximum Gasteiger partial charge on any atom is 0.326 e. The van der Waals surface area contributed by atoms with Crippen LogP contribution in [0.15, 0.2) is 18.2 Å². The van der Waals surface area contributed by atoms with E-state index in [1.54, 1.807) is 20.0 Å². The number of esters is 1. The minimum Gasteiger partial charge on any atom is -0.496 e. The molecule has 1 unspecified atom stereocenters. The van der Waals surface area contributed by atoms with Crippen LogP contribution >= 0.6 is 0 Å². The molecular formula is C13H18N2O6. The van der Waals surface area contributed by atoms with Crippen molar-refractivity contribution in [2.45, 2.75) is 13.0 Å². The van der Waals surface area contributed by atoms with E-state index < -0.39 is 16.9 Å². The summed E-state index contributed by atoms with van der Waals surface area (Å²) < 4.78 is 15.2. The van der Waals surface area contributed by atoms with Crippen LogP contribution in [0.2, 0.25) is 0 Å². The van der Waals surface area contributed by atoms with Gasteiger partial charge >= 0.3 is 11.7 Å². The maximum absolute atomic E-state index is 11.6. The van der Waals surface area contributed by atoms with Crippen molar-refractivity contribution in [3.05, 3.63) is 28.3 Å². The summed E-state index contributed by atoms with van der Waals surface area (Å²) in [6.45, 7) is 1.86. The summed E-state index contributed by atoms with van der Waals surface area (Å²) in [7, 11) is 2.99. The molecule has 0 saturated heterocycles. The number of hydrogen-bond acceptors (Lipinski definition) is 7. The molecule has 0 saturated carbocycles. The van der Waals surface area contributed by atoms with E-state index in [2.05, 4.69) is 5.32 Å². The molecule has 0 bridgehead atoms.